The molecule has 5 heteroatoms. The maximum Gasteiger partial charge on any atom is 0.317 e. The van der Waals surface area contributed by atoms with Crippen LogP contribution in [0.4, 0.5) is 4.79 Å². The van der Waals surface area contributed by atoms with Gasteiger partial charge in [-0.15, -0.1) is 0 Å². The summed E-state index contributed by atoms with van der Waals surface area (Å²) in [5.74, 6) is 1.24. The minimum atomic E-state index is 0.00854. The smallest absolute Gasteiger partial charge is 0.317 e. The molecule has 1 aromatic carbocycles. The van der Waals surface area contributed by atoms with E-state index in [0.29, 0.717) is 12.0 Å². The fourth-order valence-electron chi connectivity index (χ4n) is 5.19. The van der Waals surface area contributed by atoms with Crippen molar-refractivity contribution in [1.29, 1.82) is 0 Å². The normalized spacial score (nSPS) is 28.0. The number of hydrogen-bond acceptors (Lipinski definition) is 2. The van der Waals surface area contributed by atoms with Gasteiger partial charge in [-0.05, 0) is 55.8 Å². The number of fused-ring (bicyclic) bond motifs is 2. The Hall–Kier alpha value is -2.01. The maximum atomic E-state index is 12.1. The summed E-state index contributed by atoms with van der Waals surface area (Å²) in [7, 11) is 5.83. The Labute approximate surface area is 154 Å². The van der Waals surface area contributed by atoms with Crippen molar-refractivity contribution in [1.82, 2.24) is 20.1 Å². The van der Waals surface area contributed by atoms with Crippen molar-refractivity contribution < 1.29 is 4.79 Å². The van der Waals surface area contributed by atoms with Crippen molar-refractivity contribution in [3.05, 3.63) is 35.0 Å². The summed E-state index contributed by atoms with van der Waals surface area (Å²) in [5.41, 5.74) is 5.86. The van der Waals surface area contributed by atoms with Gasteiger partial charge < -0.3 is 20.1 Å². The van der Waals surface area contributed by atoms with E-state index < -0.39 is 0 Å². The molecule has 5 nitrogen and oxygen atoms in total. The zero-order chi connectivity index (χ0) is 18.0. The number of carbonyl (C=O) groups is 1. The minimum Gasteiger partial charge on any atom is -0.358 e. The number of likely N-dealkylation sites (N-methyl/N-ethyl adjacent to an activating group) is 1. The number of aromatic nitrogens is 1. The fourth-order valence-corrected chi connectivity index (χ4v) is 5.19. The third-order valence-electron chi connectivity index (χ3n) is 6.60. The van der Waals surface area contributed by atoms with Crippen LogP contribution in [0.15, 0.2) is 18.2 Å². The quantitative estimate of drug-likeness (QED) is 0.873. The molecule has 1 aliphatic heterocycles. The number of nitrogens with one attached hydrogen (secondary N) is 2. The molecule has 1 saturated heterocycles. The number of carbonyl (C=O) groups excluding carboxylic acids is 1. The lowest BCUT2D eigenvalue weighted by Gasteiger charge is -2.46. The summed E-state index contributed by atoms with van der Waals surface area (Å²) in [6.45, 7) is 0.926. The van der Waals surface area contributed by atoms with Gasteiger partial charge in [0.25, 0.3) is 0 Å². The van der Waals surface area contributed by atoms with Gasteiger partial charge in [0.15, 0.2) is 0 Å². The van der Waals surface area contributed by atoms with Crippen LogP contribution in [0.5, 0.6) is 0 Å². The van der Waals surface area contributed by atoms with Crippen molar-refractivity contribution in [3.63, 3.8) is 0 Å². The highest BCUT2D eigenvalue weighted by molar-refractivity contribution is 5.90. The molecule has 3 atom stereocenters. The van der Waals surface area contributed by atoms with Gasteiger partial charge >= 0.3 is 6.03 Å². The molecule has 2 fully saturated rings. The van der Waals surface area contributed by atoms with Gasteiger partial charge in [0.1, 0.15) is 0 Å². The molecule has 2 heterocycles. The molecule has 3 aliphatic rings. The van der Waals surface area contributed by atoms with E-state index in [9.17, 15) is 4.79 Å². The Kier molecular flexibility index (Phi) is 3.58. The lowest BCUT2D eigenvalue weighted by molar-refractivity contribution is 0.126. The molecule has 2 aliphatic carbocycles. The van der Waals surface area contributed by atoms with Crippen LogP contribution < -0.4 is 5.32 Å². The van der Waals surface area contributed by atoms with Crippen LogP contribution in [0.3, 0.4) is 0 Å². The number of likely N-dealkylation sites (tertiary alicyclic amines) is 1. The molecule has 1 saturated carbocycles. The van der Waals surface area contributed by atoms with Gasteiger partial charge in [-0.3, -0.25) is 0 Å². The van der Waals surface area contributed by atoms with E-state index in [1.165, 1.54) is 35.0 Å². The number of rotatable bonds is 2. The van der Waals surface area contributed by atoms with Crippen molar-refractivity contribution in [2.45, 2.75) is 49.6 Å². The van der Waals surface area contributed by atoms with Crippen molar-refractivity contribution in [2.75, 3.05) is 27.7 Å². The molecule has 5 rings (SSSR count). The SMILES string of the molecule is CN(C)C(=O)NC1C[C@@H]2c3cccc4[nH]c(C5CC5)c(c34)C[C@H]2N(C)C1. The molecule has 1 unspecified atom stereocenters. The number of aromatic amines is 1. The predicted octanol–water partition coefficient (Wildman–Crippen LogP) is 3.03. The second-order valence-corrected chi connectivity index (χ2v) is 8.66. The predicted molar refractivity (Wildman–Crippen MR) is 104 cm³/mol. The lowest BCUT2D eigenvalue weighted by Crippen LogP contribution is -2.56. The van der Waals surface area contributed by atoms with Crippen LogP contribution in [0.25, 0.3) is 10.9 Å². The molecule has 0 spiro atoms. The number of amides is 2. The van der Waals surface area contributed by atoms with E-state index in [4.69, 9.17) is 0 Å². The first-order valence-electron chi connectivity index (χ1n) is 9.84. The Morgan fingerprint density at radius 2 is 2.12 bits per heavy atom. The lowest BCUT2D eigenvalue weighted by atomic mass is 9.73. The third-order valence-corrected chi connectivity index (χ3v) is 6.60. The maximum absolute atomic E-state index is 12.1. The largest absolute Gasteiger partial charge is 0.358 e. The Bertz CT molecular complexity index is 866. The average molecular weight is 352 g/mol. The first-order chi connectivity index (χ1) is 12.5. The van der Waals surface area contributed by atoms with Gasteiger partial charge in [0.05, 0.1) is 0 Å². The van der Waals surface area contributed by atoms with Gasteiger partial charge in [0.2, 0.25) is 0 Å². The molecular formula is C21H28N4O. The zero-order valence-corrected chi connectivity index (χ0v) is 15.9. The average Bonchev–Trinajstić information content (AvgIpc) is 3.39. The Balaban J connectivity index is 1.52. The molecular weight excluding hydrogens is 324 g/mol. The van der Waals surface area contributed by atoms with E-state index in [1.54, 1.807) is 24.6 Å². The first-order valence-corrected chi connectivity index (χ1v) is 9.84. The molecule has 0 bridgehead atoms. The summed E-state index contributed by atoms with van der Waals surface area (Å²) >= 11 is 0. The monoisotopic (exact) mass is 352 g/mol. The fraction of sp³-hybridized carbons (Fsp3) is 0.571. The minimum absolute atomic E-state index is 0.00854. The second kappa shape index (κ2) is 5.74. The summed E-state index contributed by atoms with van der Waals surface area (Å²) in [6.07, 6.45) is 4.82. The zero-order valence-electron chi connectivity index (χ0n) is 15.9. The highest BCUT2D eigenvalue weighted by Gasteiger charge is 2.42. The number of urea groups is 1. The van der Waals surface area contributed by atoms with E-state index in [1.807, 2.05) is 0 Å². The van der Waals surface area contributed by atoms with Gasteiger partial charge in [-0.2, -0.15) is 0 Å². The van der Waals surface area contributed by atoms with E-state index in [0.717, 1.165) is 25.3 Å². The number of benzene rings is 1. The highest BCUT2D eigenvalue weighted by atomic mass is 16.2. The molecule has 2 N–H and O–H groups in total. The number of hydrogen-bond donors (Lipinski definition) is 2. The Morgan fingerprint density at radius 3 is 2.85 bits per heavy atom. The standard InChI is InChI=1S/C21H28N4O/c1-24(2)21(26)22-13-9-15-14-5-4-6-17-19(14)16(10-18(15)25(3)11-13)20(23-17)12-7-8-12/h4-6,12-13,15,18,23H,7-11H2,1-3H3,(H,22,26)/t13?,15-,18-/m1/s1. The second-order valence-electron chi connectivity index (χ2n) is 8.66. The number of nitrogens with zero attached hydrogens (tertiary/aromatic N) is 2. The summed E-state index contributed by atoms with van der Waals surface area (Å²) < 4.78 is 0. The van der Waals surface area contributed by atoms with Crippen LogP contribution in [0.2, 0.25) is 0 Å². The molecule has 1 aromatic heterocycles. The van der Waals surface area contributed by atoms with Crippen LogP contribution in [-0.2, 0) is 6.42 Å². The van der Waals surface area contributed by atoms with Crippen LogP contribution in [-0.4, -0.2) is 60.6 Å². The molecule has 2 amide bonds. The number of H-pyrrole nitrogens is 1. The van der Waals surface area contributed by atoms with E-state index in [-0.39, 0.29) is 12.1 Å². The first kappa shape index (κ1) is 16.2. The van der Waals surface area contributed by atoms with Crippen molar-refractivity contribution in [2.24, 2.45) is 0 Å². The topological polar surface area (TPSA) is 51.4 Å². The van der Waals surface area contributed by atoms with Crippen LogP contribution in [0, 0.1) is 0 Å². The van der Waals surface area contributed by atoms with Gasteiger partial charge in [0, 0.05) is 55.2 Å². The Morgan fingerprint density at radius 1 is 1.31 bits per heavy atom. The van der Waals surface area contributed by atoms with E-state index >= 15 is 0 Å². The number of piperidine rings is 1. The molecule has 26 heavy (non-hydrogen) atoms. The molecule has 0 radical (unpaired) electrons. The van der Waals surface area contributed by atoms with Crippen LogP contribution in [0.1, 0.15) is 47.9 Å². The summed E-state index contributed by atoms with van der Waals surface area (Å²) in [4.78, 5) is 20.0. The third kappa shape index (κ3) is 2.44. The highest BCUT2D eigenvalue weighted by Crippen LogP contribution is 2.49. The van der Waals surface area contributed by atoms with Crippen LogP contribution >= 0.6 is 0 Å². The van der Waals surface area contributed by atoms with Gasteiger partial charge in [-0.25, -0.2) is 4.79 Å². The van der Waals surface area contributed by atoms with E-state index in [2.05, 4.69) is 40.4 Å². The van der Waals surface area contributed by atoms with Gasteiger partial charge in [-0.1, -0.05) is 12.1 Å². The summed E-state index contributed by atoms with van der Waals surface area (Å²) in [6, 6.07) is 7.49. The van der Waals surface area contributed by atoms with Crippen molar-refractivity contribution in [3.8, 4) is 0 Å². The van der Waals surface area contributed by atoms with Crippen molar-refractivity contribution >= 4 is 16.9 Å². The molecule has 138 valence electrons. The summed E-state index contributed by atoms with van der Waals surface area (Å²) in [5, 5.41) is 4.68. The molecule has 2 aromatic rings.